The smallest absolute Gasteiger partial charge is 0.407 e. The number of alkyl carbamates (subject to hydrolysis) is 1. The number of nitrogens with zero attached hydrogens (tertiary/aromatic N) is 2. The molecule has 0 radical (unpaired) electrons. The predicted molar refractivity (Wildman–Crippen MR) is 68.5 cm³/mol. The van der Waals surface area contributed by atoms with Crippen LogP contribution >= 0.6 is 11.6 Å². The molecule has 2 rings (SSSR count). The zero-order chi connectivity index (χ0) is 13.0. The van der Waals surface area contributed by atoms with Gasteiger partial charge in [0, 0.05) is 25.7 Å². The Morgan fingerprint density at radius 2 is 2.50 bits per heavy atom. The van der Waals surface area contributed by atoms with Crippen LogP contribution in [0.4, 0.5) is 4.79 Å². The van der Waals surface area contributed by atoms with Gasteiger partial charge < -0.3 is 10.1 Å². The second-order valence-electron chi connectivity index (χ2n) is 4.31. The number of hydrogen-bond acceptors (Lipinski definition) is 4. The minimum atomic E-state index is -0.372. The van der Waals surface area contributed by atoms with Crippen molar-refractivity contribution in [2.45, 2.75) is 19.0 Å². The van der Waals surface area contributed by atoms with E-state index >= 15 is 0 Å². The summed E-state index contributed by atoms with van der Waals surface area (Å²) in [7, 11) is 1.37. The van der Waals surface area contributed by atoms with Gasteiger partial charge in [0.15, 0.2) is 0 Å². The number of ether oxygens (including phenoxy) is 1. The van der Waals surface area contributed by atoms with Crippen LogP contribution in [0, 0.1) is 0 Å². The first kappa shape index (κ1) is 13.1. The van der Waals surface area contributed by atoms with Crippen LogP contribution in [0.1, 0.15) is 12.1 Å². The fourth-order valence-corrected chi connectivity index (χ4v) is 2.27. The molecule has 1 N–H and O–H groups in total. The van der Waals surface area contributed by atoms with Gasteiger partial charge in [0.1, 0.15) is 5.15 Å². The van der Waals surface area contributed by atoms with Crippen LogP contribution < -0.4 is 5.32 Å². The number of amides is 1. The summed E-state index contributed by atoms with van der Waals surface area (Å²) >= 11 is 5.84. The highest BCUT2D eigenvalue weighted by Gasteiger charge is 2.24. The van der Waals surface area contributed by atoms with E-state index < -0.39 is 0 Å². The van der Waals surface area contributed by atoms with Gasteiger partial charge in [-0.15, -0.1) is 0 Å². The Hall–Kier alpha value is -1.33. The van der Waals surface area contributed by atoms with Gasteiger partial charge >= 0.3 is 6.09 Å². The Morgan fingerprint density at radius 1 is 1.67 bits per heavy atom. The molecule has 1 fully saturated rings. The SMILES string of the molecule is COC(=O)NC1CCN(Cc2cccc(Cl)n2)C1. The summed E-state index contributed by atoms with van der Waals surface area (Å²) in [6, 6.07) is 5.76. The Kier molecular flexibility index (Phi) is 4.38. The average Bonchev–Trinajstić information content (AvgIpc) is 2.76. The van der Waals surface area contributed by atoms with Gasteiger partial charge in [-0.05, 0) is 18.6 Å². The van der Waals surface area contributed by atoms with Gasteiger partial charge in [-0.25, -0.2) is 9.78 Å². The van der Waals surface area contributed by atoms with Gasteiger partial charge in [-0.2, -0.15) is 0 Å². The second kappa shape index (κ2) is 6.02. The Morgan fingerprint density at radius 3 is 3.22 bits per heavy atom. The van der Waals surface area contributed by atoms with E-state index in [9.17, 15) is 4.79 Å². The van der Waals surface area contributed by atoms with E-state index in [2.05, 4.69) is 19.9 Å². The van der Waals surface area contributed by atoms with Crippen molar-refractivity contribution in [1.29, 1.82) is 0 Å². The molecule has 1 aliphatic rings. The van der Waals surface area contributed by atoms with E-state index in [1.165, 1.54) is 7.11 Å². The first-order valence-electron chi connectivity index (χ1n) is 5.85. The monoisotopic (exact) mass is 269 g/mol. The summed E-state index contributed by atoms with van der Waals surface area (Å²) < 4.78 is 4.58. The maximum atomic E-state index is 11.1. The van der Waals surface area contributed by atoms with E-state index in [1.807, 2.05) is 12.1 Å². The fraction of sp³-hybridized carbons (Fsp3) is 0.500. The van der Waals surface area contributed by atoms with Gasteiger partial charge in [-0.3, -0.25) is 4.90 Å². The minimum absolute atomic E-state index is 0.150. The molecule has 0 aliphatic carbocycles. The van der Waals surface area contributed by atoms with E-state index in [-0.39, 0.29) is 12.1 Å². The number of hydrogen-bond donors (Lipinski definition) is 1. The van der Waals surface area contributed by atoms with Crippen molar-refractivity contribution < 1.29 is 9.53 Å². The van der Waals surface area contributed by atoms with Gasteiger partial charge in [0.2, 0.25) is 0 Å². The first-order valence-corrected chi connectivity index (χ1v) is 6.23. The number of pyridine rings is 1. The lowest BCUT2D eigenvalue weighted by Crippen LogP contribution is -2.36. The Balaban J connectivity index is 1.84. The zero-order valence-electron chi connectivity index (χ0n) is 10.2. The van der Waals surface area contributed by atoms with Crippen LogP contribution in [0.5, 0.6) is 0 Å². The van der Waals surface area contributed by atoms with E-state index in [4.69, 9.17) is 11.6 Å². The molecule has 5 nitrogen and oxygen atoms in total. The normalized spacial score (nSPS) is 19.8. The fourth-order valence-electron chi connectivity index (χ4n) is 2.09. The Labute approximate surface area is 111 Å². The molecule has 18 heavy (non-hydrogen) atoms. The number of carbonyl (C=O) groups is 1. The molecule has 1 unspecified atom stereocenters. The van der Waals surface area contributed by atoms with Gasteiger partial charge in [0.25, 0.3) is 0 Å². The van der Waals surface area contributed by atoms with Crippen LogP contribution in [0.15, 0.2) is 18.2 Å². The van der Waals surface area contributed by atoms with Crippen LogP contribution in [0.2, 0.25) is 5.15 Å². The molecule has 1 amide bonds. The molecule has 0 spiro atoms. The molecular weight excluding hydrogens is 254 g/mol. The molecule has 0 bridgehead atoms. The number of nitrogens with one attached hydrogen (secondary N) is 1. The number of aromatic nitrogens is 1. The zero-order valence-corrected chi connectivity index (χ0v) is 11.0. The first-order chi connectivity index (χ1) is 8.67. The highest BCUT2D eigenvalue weighted by Crippen LogP contribution is 2.14. The van der Waals surface area contributed by atoms with Crippen molar-refractivity contribution in [3.8, 4) is 0 Å². The summed E-state index contributed by atoms with van der Waals surface area (Å²) in [6.45, 7) is 2.49. The molecule has 1 saturated heterocycles. The molecule has 0 saturated carbocycles. The van der Waals surface area contributed by atoms with Crippen molar-refractivity contribution in [2.75, 3.05) is 20.2 Å². The lowest BCUT2D eigenvalue weighted by molar-refractivity contribution is 0.166. The van der Waals surface area contributed by atoms with Gasteiger partial charge in [-0.1, -0.05) is 17.7 Å². The third kappa shape index (κ3) is 3.58. The van der Waals surface area contributed by atoms with Crippen molar-refractivity contribution in [1.82, 2.24) is 15.2 Å². The van der Waals surface area contributed by atoms with Crippen LogP contribution in [0.25, 0.3) is 0 Å². The van der Waals surface area contributed by atoms with Crippen LogP contribution in [0.3, 0.4) is 0 Å². The summed E-state index contributed by atoms with van der Waals surface area (Å²) in [5, 5.41) is 3.32. The van der Waals surface area contributed by atoms with E-state index in [1.54, 1.807) is 6.07 Å². The molecule has 0 aromatic carbocycles. The van der Waals surface area contributed by atoms with Crippen molar-refractivity contribution in [3.05, 3.63) is 29.0 Å². The average molecular weight is 270 g/mol. The summed E-state index contributed by atoms with van der Waals surface area (Å²) in [4.78, 5) is 17.6. The molecular formula is C12H16ClN3O2. The van der Waals surface area contributed by atoms with E-state index in [0.717, 1.165) is 31.7 Å². The molecule has 2 heterocycles. The summed E-state index contributed by atoms with van der Waals surface area (Å²) in [5.41, 5.74) is 0.946. The molecule has 6 heteroatoms. The highest BCUT2D eigenvalue weighted by molar-refractivity contribution is 6.29. The van der Waals surface area contributed by atoms with Crippen LogP contribution in [-0.4, -0.2) is 42.2 Å². The lowest BCUT2D eigenvalue weighted by Gasteiger charge is -2.15. The summed E-state index contributed by atoms with van der Waals surface area (Å²) in [6.07, 6.45) is 0.554. The number of rotatable bonds is 3. The quantitative estimate of drug-likeness (QED) is 0.848. The molecule has 1 aliphatic heterocycles. The number of halogens is 1. The van der Waals surface area contributed by atoms with Crippen molar-refractivity contribution in [2.24, 2.45) is 0 Å². The minimum Gasteiger partial charge on any atom is -0.453 e. The second-order valence-corrected chi connectivity index (χ2v) is 4.70. The maximum Gasteiger partial charge on any atom is 0.407 e. The highest BCUT2D eigenvalue weighted by atomic mass is 35.5. The number of carbonyl (C=O) groups excluding carboxylic acids is 1. The largest absolute Gasteiger partial charge is 0.453 e. The maximum absolute atomic E-state index is 11.1. The van der Waals surface area contributed by atoms with Crippen LogP contribution in [-0.2, 0) is 11.3 Å². The third-order valence-corrected chi connectivity index (χ3v) is 3.15. The molecule has 98 valence electrons. The standard InChI is InChI=1S/C12H16ClN3O2/c1-18-12(17)15-10-5-6-16(8-10)7-9-3-2-4-11(13)14-9/h2-4,10H,5-8H2,1H3,(H,15,17). The van der Waals surface area contributed by atoms with Gasteiger partial charge in [0.05, 0.1) is 12.8 Å². The van der Waals surface area contributed by atoms with E-state index in [0.29, 0.717) is 5.15 Å². The molecule has 1 atom stereocenters. The topological polar surface area (TPSA) is 54.5 Å². The predicted octanol–water partition coefficient (Wildman–Crippen LogP) is 1.67. The number of methoxy groups -OCH3 is 1. The summed E-state index contributed by atoms with van der Waals surface area (Å²) in [5.74, 6) is 0. The lowest BCUT2D eigenvalue weighted by atomic mass is 10.3. The number of likely N-dealkylation sites (tertiary alicyclic amines) is 1. The van der Waals surface area contributed by atoms with Crippen molar-refractivity contribution in [3.63, 3.8) is 0 Å². The van der Waals surface area contributed by atoms with Crippen molar-refractivity contribution >= 4 is 17.7 Å². The third-order valence-electron chi connectivity index (χ3n) is 2.94. The molecule has 1 aromatic rings. The Bertz CT molecular complexity index is 428. The molecule has 1 aromatic heterocycles.